The van der Waals surface area contributed by atoms with Gasteiger partial charge in [-0.25, -0.2) is 4.98 Å². The number of nitrogens with zero attached hydrogens (tertiary/aromatic N) is 3. The van der Waals surface area contributed by atoms with E-state index in [9.17, 15) is 0 Å². The molecule has 0 spiro atoms. The molecular formula is C16H15N3. The van der Waals surface area contributed by atoms with Gasteiger partial charge < -0.3 is 4.90 Å². The minimum atomic E-state index is 0.624. The third-order valence-electron chi connectivity index (χ3n) is 3.61. The van der Waals surface area contributed by atoms with E-state index < -0.39 is 0 Å². The van der Waals surface area contributed by atoms with Gasteiger partial charge in [0.25, 0.3) is 0 Å². The molecule has 0 aliphatic carbocycles. The number of hydrogen-bond donors (Lipinski definition) is 0. The highest BCUT2D eigenvalue weighted by atomic mass is 15.2. The molecule has 94 valence electrons. The van der Waals surface area contributed by atoms with E-state index in [0.717, 1.165) is 30.9 Å². The molecule has 3 nitrogen and oxygen atoms in total. The molecule has 0 saturated heterocycles. The lowest BCUT2D eigenvalue weighted by molar-refractivity contribution is 0.718. The van der Waals surface area contributed by atoms with Crippen LogP contribution in [0.15, 0.2) is 36.5 Å². The molecule has 1 aliphatic rings. The Morgan fingerprint density at radius 1 is 1.26 bits per heavy atom. The first-order valence-electron chi connectivity index (χ1n) is 6.46. The minimum Gasteiger partial charge on any atom is -0.352 e. The van der Waals surface area contributed by atoms with Gasteiger partial charge in [-0.05, 0) is 36.1 Å². The highest BCUT2D eigenvalue weighted by molar-refractivity contribution is 5.51. The summed E-state index contributed by atoms with van der Waals surface area (Å²) in [7, 11) is 0. The van der Waals surface area contributed by atoms with Crippen LogP contribution in [-0.2, 0) is 13.0 Å². The maximum absolute atomic E-state index is 8.89. The van der Waals surface area contributed by atoms with Crippen molar-refractivity contribution in [2.24, 2.45) is 0 Å². The van der Waals surface area contributed by atoms with Gasteiger partial charge in [-0.15, -0.1) is 0 Å². The van der Waals surface area contributed by atoms with Gasteiger partial charge in [0, 0.05) is 19.3 Å². The highest BCUT2D eigenvalue weighted by Gasteiger charge is 2.18. The summed E-state index contributed by atoms with van der Waals surface area (Å²) in [5.74, 6) is 0.994. The number of hydrogen-bond acceptors (Lipinski definition) is 3. The summed E-state index contributed by atoms with van der Waals surface area (Å²) in [6.45, 7) is 3.90. The molecule has 2 heterocycles. The molecule has 0 saturated carbocycles. The van der Waals surface area contributed by atoms with Crippen LogP contribution in [-0.4, -0.2) is 11.5 Å². The normalized spacial score (nSPS) is 13.8. The Hall–Kier alpha value is -2.34. The summed E-state index contributed by atoms with van der Waals surface area (Å²) in [6, 6.07) is 12.6. The molecule has 0 N–H and O–H groups in total. The smallest absolute Gasteiger partial charge is 0.131 e. The van der Waals surface area contributed by atoms with Gasteiger partial charge in [-0.3, -0.25) is 0 Å². The standard InChI is InChI=1S/C16H15N3/c1-12-8-13(9-17)10-18-16(12)19-7-6-14-4-2-3-5-15(14)11-19/h2-5,8,10H,6-7,11H2,1H3. The van der Waals surface area contributed by atoms with Crippen LogP contribution < -0.4 is 4.90 Å². The van der Waals surface area contributed by atoms with Crippen LogP contribution in [0.3, 0.4) is 0 Å². The maximum atomic E-state index is 8.89. The van der Waals surface area contributed by atoms with Gasteiger partial charge in [0.15, 0.2) is 0 Å². The van der Waals surface area contributed by atoms with E-state index in [2.05, 4.69) is 40.2 Å². The molecule has 1 aromatic carbocycles. The van der Waals surface area contributed by atoms with E-state index in [1.807, 2.05) is 13.0 Å². The third-order valence-corrected chi connectivity index (χ3v) is 3.61. The van der Waals surface area contributed by atoms with Crippen LogP contribution in [0.1, 0.15) is 22.3 Å². The quantitative estimate of drug-likeness (QED) is 0.780. The van der Waals surface area contributed by atoms with Crippen molar-refractivity contribution in [3.63, 3.8) is 0 Å². The summed E-state index contributed by atoms with van der Waals surface area (Å²) in [5, 5.41) is 8.89. The molecule has 0 amide bonds. The topological polar surface area (TPSA) is 39.9 Å². The number of anilines is 1. The Morgan fingerprint density at radius 3 is 2.79 bits per heavy atom. The maximum Gasteiger partial charge on any atom is 0.131 e. The number of aromatic nitrogens is 1. The fourth-order valence-corrected chi connectivity index (χ4v) is 2.64. The number of aryl methyl sites for hydroxylation is 1. The molecule has 0 atom stereocenters. The second-order valence-corrected chi connectivity index (χ2v) is 4.92. The molecule has 1 aliphatic heterocycles. The Balaban J connectivity index is 1.91. The van der Waals surface area contributed by atoms with Crippen LogP contribution in [0.25, 0.3) is 0 Å². The van der Waals surface area contributed by atoms with Gasteiger partial charge in [-0.2, -0.15) is 5.26 Å². The molecule has 0 bridgehead atoms. The zero-order chi connectivity index (χ0) is 13.2. The van der Waals surface area contributed by atoms with E-state index in [4.69, 9.17) is 5.26 Å². The molecular weight excluding hydrogens is 234 g/mol. The van der Waals surface area contributed by atoms with Crippen molar-refractivity contribution in [2.45, 2.75) is 19.9 Å². The van der Waals surface area contributed by atoms with Crippen molar-refractivity contribution in [3.05, 3.63) is 58.8 Å². The lowest BCUT2D eigenvalue weighted by Crippen LogP contribution is -2.31. The molecule has 0 radical (unpaired) electrons. The summed E-state index contributed by atoms with van der Waals surface area (Å²) in [5.41, 5.74) is 4.50. The van der Waals surface area contributed by atoms with Crippen molar-refractivity contribution in [1.29, 1.82) is 5.26 Å². The van der Waals surface area contributed by atoms with E-state index >= 15 is 0 Å². The second kappa shape index (κ2) is 4.74. The number of fused-ring (bicyclic) bond motifs is 1. The zero-order valence-corrected chi connectivity index (χ0v) is 10.9. The highest BCUT2D eigenvalue weighted by Crippen LogP contribution is 2.25. The number of benzene rings is 1. The van der Waals surface area contributed by atoms with Crippen LogP contribution in [0.2, 0.25) is 0 Å². The van der Waals surface area contributed by atoms with Crippen LogP contribution in [0.5, 0.6) is 0 Å². The van der Waals surface area contributed by atoms with Crippen molar-refractivity contribution in [1.82, 2.24) is 4.98 Å². The van der Waals surface area contributed by atoms with Crippen molar-refractivity contribution in [3.8, 4) is 6.07 Å². The third kappa shape index (κ3) is 2.17. The van der Waals surface area contributed by atoms with Crippen molar-refractivity contribution >= 4 is 5.82 Å². The first-order valence-corrected chi connectivity index (χ1v) is 6.46. The van der Waals surface area contributed by atoms with E-state index in [1.165, 1.54) is 11.1 Å². The molecule has 3 heteroatoms. The summed E-state index contributed by atoms with van der Waals surface area (Å²) >= 11 is 0. The monoisotopic (exact) mass is 249 g/mol. The molecule has 19 heavy (non-hydrogen) atoms. The average molecular weight is 249 g/mol. The molecule has 2 aromatic rings. The lowest BCUT2D eigenvalue weighted by atomic mass is 9.99. The Bertz CT molecular complexity index is 655. The predicted octanol–water partition coefficient (Wildman–Crippen LogP) is 2.82. The second-order valence-electron chi connectivity index (χ2n) is 4.92. The first kappa shape index (κ1) is 11.7. The molecule has 0 fully saturated rings. The summed E-state index contributed by atoms with van der Waals surface area (Å²) in [6.07, 6.45) is 2.71. The van der Waals surface area contributed by atoms with Crippen molar-refractivity contribution < 1.29 is 0 Å². The van der Waals surface area contributed by atoms with Gasteiger partial charge in [-0.1, -0.05) is 24.3 Å². The largest absolute Gasteiger partial charge is 0.352 e. The van der Waals surface area contributed by atoms with Gasteiger partial charge in [0.1, 0.15) is 11.9 Å². The van der Waals surface area contributed by atoms with Gasteiger partial charge in [0.05, 0.1) is 5.56 Å². The zero-order valence-electron chi connectivity index (χ0n) is 10.9. The Kier molecular flexibility index (Phi) is 2.92. The van der Waals surface area contributed by atoms with Gasteiger partial charge in [0.2, 0.25) is 0 Å². The number of nitriles is 1. The number of rotatable bonds is 1. The van der Waals surface area contributed by atoms with Crippen LogP contribution >= 0.6 is 0 Å². The predicted molar refractivity (Wildman–Crippen MR) is 74.9 cm³/mol. The molecule has 3 rings (SSSR count). The van der Waals surface area contributed by atoms with E-state index in [-0.39, 0.29) is 0 Å². The Morgan fingerprint density at radius 2 is 2.05 bits per heavy atom. The average Bonchev–Trinajstić information content (AvgIpc) is 2.46. The summed E-state index contributed by atoms with van der Waals surface area (Å²) < 4.78 is 0. The SMILES string of the molecule is Cc1cc(C#N)cnc1N1CCc2ccccc2C1. The van der Waals surface area contributed by atoms with Crippen LogP contribution in [0.4, 0.5) is 5.82 Å². The number of pyridine rings is 1. The lowest BCUT2D eigenvalue weighted by Gasteiger charge is -2.30. The van der Waals surface area contributed by atoms with Crippen LogP contribution in [0, 0.1) is 18.3 Å². The fraction of sp³-hybridized carbons (Fsp3) is 0.250. The van der Waals surface area contributed by atoms with Gasteiger partial charge >= 0.3 is 0 Å². The summed E-state index contributed by atoms with van der Waals surface area (Å²) in [4.78, 5) is 6.74. The molecule has 0 unspecified atom stereocenters. The fourth-order valence-electron chi connectivity index (χ4n) is 2.64. The van der Waals surface area contributed by atoms with E-state index in [1.54, 1.807) is 6.20 Å². The Labute approximate surface area is 113 Å². The van der Waals surface area contributed by atoms with E-state index in [0.29, 0.717) is 5.56 Å². The molecule has 1 aromatic heterocycles. The first-order chi connectivity index (χ1) is 9.28. The van der Waals surface area contributed by atoms with Crippen molar-refractivity contribution in [2.75, 3.05) is 11.4 Å². The minimum absolute atomic E-state index is 0.624.